The molecular formula is C21H29ClN2O. The lowest BCUT2D eigenvalue weighted by Gasteiger charge is -2.33. The Morgan fingerprint density at radius 2 is 1.96 bits per heavy atom. The fourth-order valence-electron chi connectivity index (χ4n) is 3.95. The van der Waals surface area contributed by atoms with Crippen molar-refractivity contribution < 1.29 is 4.79 Å². The van der Waals surface area contributed by atoms with Gasteiger partial charge in [-0.1, -0.05) is 36.6 Å². The fraction of sp³-hybridized carbons (Fsp3) is 0.571. The molecule has 0 unspecified atom stereocenters. The molecule has 4 heteroatoms. The second-order valence-corrected chi connectivity index (χ2v) is 7.98. The predicted molar refractivity (Wildman–Crippen MR) is 105 cm³/mol. The molecule has 3 rings (SSSR count). The molecule has 1 aliphatic heterocycles. The van der Waals surface area contributed by atoms with Gasteiger partial charge >= 0.3 is 0 Å². The van der Waals surface area contributed by atoms with Gasteiger partial charge in [0, 0.05) is 36.8 Å². The van der Waals surface area contributed by atoms with Crippen molar-refractivity contribution in [3.8, 4) is 0 Å². The summed E-state index contributed by atoms with van der Waals surface area (Å²) in [6.45, 7) is 5.45. The molecule has 0 radical (unpaired) electrons. The topological polar surface area (TPSA) is 32.3 Å². The van der Waals surface area contributed by atoms with E-state index in [0.29, 0.717) is 6.04 Å². The molecule has 1 amide bonds. The van der Waals surface area contributed by atoms with Crippen LogP contribution in [0, 0.1) is 12.8 Å². The van der Waals surface area contributed by atoms with Gasteiger partial charge in [0.25, 0.3) is 0 Å². The molecule has 0 spiro atoms. The Labute approximate surface area is 156 Å². The molecule has 0 bridgehead atoms. The smallest absolute Gasteiger partial charge is 0.244 e. The second kappa shape index (κ2) is 8.86. The number of benzene rings is 1. The third-order valence-corrected chi connectivity index (χ3v) is 5.96. The molecule has 1 aromatic carbocycles. The Bertz CT molecular complexity index is 614. The van der Waals surface area contributed by atoms with E-state index < -0.39 is 0 Å². The van der Waals surface area contributed by atoms with Crippen LogP contribution in [0.3, 0.4) is 0 Å². The predicted octanol–water partition coefficient (Wildman–Crippen LogP) is 4.43. The van der Waals surface area contributed by atoms with Gasteiger partial charge < -0.3 is 10.2 Å². The van der Waals surface area contributed by atoms with Crippen LogP contribution < -0.4 is 5.32 Å². The molecule has 25 heavy (non-hydrogen) atoms. The third kappa shape index (κ3) is 5.58. The van der Waals surface area contributed by atoms with Crippen LogP contribution in [0.2, 0.25) is 5.02 Å². The Kier molecular flexibility index (Phi) is 6.55. The first kappa shape index (κ1) is 18.5. The summed E-state index contributed by atoms with van der Waals surface area (Å²) < 4.78 is 0. The number of hydrogen-bond donors (Lipinski definition) is 1. The molecule has 3 nitrogen and oxygen atoms in total. The first-order chi connectivity index (χ1) is 12.1. The average molecular weight is 361 g/mol. The zero-order chi connectivity index (χ0) is 17.6. The van der Waals surface area contributed by atoms with Crippen LogP contribution in [0.15, 0.2) is 24.3 Å². The molecule has 1 saturated heterocycles. The summed E-state index contributed by atoms with van der Waals surface area (Å²) in [6.07, 6.45) is 11.2. The number of aryl methyl sites for hydroxylation is 1. The number of piperidine rings is 1. The number of rotatable bonds is 5. The van der Waals surface area contributed by atoms with Crippen molar-refractivity contribution in [1.82, 2.24) is 10.2 Å². The van der Waals surface area contributed by atoms with E-state index in [-0.39, 0.29) is 5.91 Å². The van der Waals surface area contributed by atoms with Gasteiger partial charge in [-0.2, -0.15) is 0 Å². The van der Waals surface area contributed by atoms with E-state index in [1.807, 2.05) is 31.2 Å². The van der Waals surface area contributed by atoms with Crippen molar-refractivity contribution in [3.05, 3.63) is 40.4 Å². The summed E-state index contributed by atoms with van der Waals surface area (Å²) in [7, 11) is 0. The molecule has 1 heterocycles. The molecule has 0 aromatic heterocycles. The molecule has 2 aliphatic rings. The lowest BCUT2D eigenvalue weighted by atomic mass is 10.0. The molecule has 1 aromatic rings. The highest BCUT2D eigenvalue weighted by atomic mass is 35.5. The van der Waals surface area contributed by atoms with E-state index in [1.165, 1.54) is 32.2 Å². The molecule has 136 valence electrons. The standard InChI is InChI=1S/C21H29ClN2O/c1-16-6-7-17(14-20(16)22)8-9-21(25)23-19-10-12-24(13-11-19)15-18-4-2-3-5-18/h6-9,14,18-19H,2-5,10-13,15H2,1H3,(H,23,25)/b9-8+. The van der Waals surface area contributed by atoms with Crippen LogP contribution >= 0.6 is 11.6 Å². The van der Waals surface area contributed by atoms with Crippen molar-refractivity contribution in [1.29, 1.82) is 0 Å². The van der Waals surface area contributed by atoms with Crippen LogP contribution in [0.4, 0.5) is 0 Å². The number of nitrogens with zero attached hydrogens (tertiary/aromatic N) is 1. The van der Waals surface area contributed by atoms with Crippen molar-refractivity contribution in [3.63, 3.8) is 0 Å². The minimum absolute atomic E-state index is 0.00839. The minimum Gasteiger partial charge on any atom is -0.350 e. The van der Waals surface area contributed by atoms with Crippen LogP contribution in [0.5, 0.6) is 0 Å². The van der Waals surface area contributed by atoms with Gasteiger partial charge in [0.15, 0.2) is 0 Å². The van der Waals surface area contributed by atoms with E-state index in [4.69, 9.17) is 11.6 Å². The minimum atomic E-state index is -0.00839. The summed E-state index contributed by atoms with van der Waals surface area (Å²) in [5, 5.41) is 3.88. The zero-order valence-corrected chi connectivity index (χ0v) is 15.9. The highest BCUT2D eigenvalue weighted by molar-refractivity contribution is 6.31. The normalized spacial score (nSPS) is 20.4. The lowest BCUT2D eigenvalue weighted by molar-refractivity contribution is -0.117. The van der Waals surface area contributed by atoms with E-state index in [0.717, 1.165) is 48.0 Å². The third-order valence-electron chi connectivity index (χ3n) is 5.55. The second-order valence-electron chi connectivity index (χ2n) is 7.58. The summed E-state index contributed by atoms with van der Waals surface area (Å²) in [6, 6.07) is 6.15. The first-order valence-corrected chi connectivity index (χ1v) is 9.95. The lowest BCUT2D eigenvalue weighted by Crippen LogP contribution is -2.45. The SMILES string of the molecule is Cc1ccc(/C=C/C(=O)NC2CCN(CC3CCCC3)CC2)cc1Cl. The number of nitrogens with one attached hydrogen (secondary N) is 1. The van der Waals surface area contributed by atoms with Gasteiger partial charge in [-0.25, -0.2) is 0 Å². The monoisotopic (exact) mass is 360 g/mol. The van der Waals surface area contributed by atoms with E-state index in [1.54, 1.807) is 6.08 Å². The van der Waals surface area contributed by atoms with E-state index in [2.05, 4.69) is 10.2 Å². The van der Waals surface area contributed by atoms with Gasteiger partial charge in [0.05, 0.1) is 0 Å². The van der Waals surface area contributed by atoms with Crippen LogP contribution in [-0.2, 0) is 4.79 Å². The number of halogens is 1. The maximum absolute atomic E-state index is 12.2. The van der Waals surface area contributed by atoms with Crippen molar-refractivity contribution >= 4 is 23.6 Å². The summed E-state index contributed by atoms with van der Waals surface area (Å²) in [5.41, 5.74) is 2.00. The number of carbonyl (C=O) groups excluding carboxylic acids is 1. The van der Waals surface area contributed by atoms with Gasteiger partial charge in [-0.15, -0.1) is 0 Å². The molecular weight excluding hydrogens is 332 g/mol. The van der Waals surface area contributed by atoms with Gasteiger partial charge in [0.2, 0.25) is 5.91 Å². The summed E-state index contributed by atoms with van der Waals surface area (Å²) in [4.78, 5) is 14.7. The van der Waals surface area contributed by atoms with Gasteiger partial charge in [-0.3, -0.25) is 4.79 Å². The largest absolute Gasteiger partial charge is 0.350 e. The Morgan fingerprint density at radius 1 is 1.24 bits per heavy atom. The molecule has 2 fully saturated rings. The first-order valence-electron chi connectivity index (χ1n) is 9.57. The number of amides is 1. The van der Waals surface area contributed by atoms with Crippen LogP contribution in [0.25, 0.3) is 6.08 Å². The van der Waals surface area contributed by atoms with Crippen LogP contribution in [0.1, 0.15) is 49.7 Å². The maximum Gasteiger partial charge on any atom is 0.244 e. The average Bonchev–Trinajstić information content (AvgIpc) is 3.11. The Morgan fingerprint density at radius 3 is 2.64 bits per heavy atom. The highest BCUT2D eigenvalue weighted by Gasteiger charge is 2.23. The highest BCUT2D eigenvalue weighted by Crippen LogP contribution is 2.26. The van der Waals surface area contributed by atoms with Gasteiger partial charge in [0.1, 0.15) is 0 Å². The number of hydrogen-bond acceptors (Lipinski definition) is 2. The number of carbonyl (C=O) groups is 1. The van der Waals surface area contributed by atoms with Crippen molar-refractivity contribution in [2.45, 2.75) is 51.5 Å². The zero-order valence-electron chi connectivity index (χ0n) is 15.1. The maximum atomic E-state index is 12.2. The number of likely N-dealkylation sites (tertiary alicyclic amines) is 1. The van der Waals surface area contributed by atoms with E-state index >= 15 is 0 Å². The molecule has 0 atom stereocenters. The molecule has 1 aliphatic carbocycles. The Hall–Kier alpha value is -1.32. The van der Waals surface area contributed by atoms with Crippen LogP contribution in [-0.4, -0.2) is 36.5 Å². The quantitative estimate of drug-likeness (QED) is 0.787. The van der Waals surface area contributed by atoms with Crippen molar-refractivity contribution in [2.75, 3.05) is 19.6 Å². The van der Waals surface area contributed by atoms with E-state index in [9.17, 15) is 4.79 Å². The summed E-state index contributed by atoms with van der Waals surface area (Å²) in [5.74, 6) is 0.904. The molecule has 1 saturated carbocycles. The fourth-order valence-corrected chi connectivity index (χ4v) is 4.14. The summed E-state index contributed by atoms with van der Waals surface area (Å²) >= 11 is 6.12. The van der Waals surface area contributed by atoms with Crippen molar-refractivity contribution in [2.24, 2.45) is 5.92 Å². The Balaban J connectivity index is 1.41. The molecule has 1 N–H and O–H groups in total. The van der Waals surface area contributed by atoms with Gasteiger partial charge in [-0.05, 0) is 61.8 Å².